The highest BCUT2D eigenvalue weighted by Gasteiger charge is 2.24. The van der Waals surface area contributed by atoms with E-state index in [-0.39, 0.29) is 6.47 Å². The van der Waals surface area contributed by atoms with Crippen LogP contribution in [0.2, 0.25) is 0 Å². The van der Waals surface area contributed by atoms with Gasteiger partial charge in [0, 0.05) is 59.5 Å². The monoisotopic (exact) mass is 548 g/mol. The van der Waals surface area contributed by atoms with Gasteiger partial charge in [0.25, 0.3) is 6.47 Å². The second kappa shape index (κ2) is 14.8. The normalized spacial score (nSPS) is 17.9. The summed E-state index contributed by atoms with van der Waals surface area (Å²) in [6, 6.07) is 16.0. The Morgan fingerprint density at radius 1 is 1.03 bits per heavy atom. The standard InChI is InChI=1S/C26H35BrN2OS.CH2O2/c1-30-25-13-12-23(27)18-22(25)20-31-26-11-7-6-8-21(26)19-28-14-16-29(17-15-28)24-9-4-2-3-5-10-24;2-1-3/h6-8,11-13,18,24H,2-5,9-10,14-17,19-20H2,1H3;1H,(H,2,3). The van der Waals surface area contributed by atoms with Crippen LogP contribution in [0.5, 0.6) is 5.75 Å². The number of halogens is 1. The Morgan fingerprint density at radius 3 is 2.38 bits per heavy atom. The predicted octanol–water partition coefficient (Wildman–Crippen LogP) is 6.29. The van der Waals surface area contributed by atoms with Crippen LogP contribution in [0.4, 0.5) is 0 Å². The lowest BCUT2D eigenvalue weighted by Gasteiger charge is -2.39. The number of piperazine rings is 1. The molecule has 1 saturated carbocycles. The van der Waals surface area contributed by atoms with Gasteiger partial charge in [-0.05, 0) is 42.7 Å². The molecule has 0 unspecified atom stereocenters. The molecule has 2 aromatic carbocycles. The SMILES string of the molecule is COc1ccc(Br)cc1CSc1ccccc1CN1CCN(C2CCCCCC2)CC1.O=CO. The molecular weight excluding hydrogens is 512 g/mol. The molecule has 7 heteroatoms. The molecule has 5 nitrogen and oxygen atoms in total. The van der Waals surface area contributed by atoms with Gasteiger partial charge in [-0.2, -0.15) is 0 Å². The molecule has 4 rings (SSSR count). The number of benzene rings is 2. The number of methoxy groups -OCH3 is 1. The fraction of sp³-hybridized carbons (Fsp3) is 0.519. The highest BCUT2D eigenvalue weighted by atomic mass is 79.9. The summed E-state index contributed by atoms with van der Waals surface area (Å²) in [7, 11) is 1.75. The quantitative estimate of drug-likeness (QED) is 0.249. The maximum Gasteiger partial charge on any atom is 0.290 e. The van der Waals surface area contributed by atoms with Crippen molar-refractivity contribution >= 4 is 34.2 Å². The van der Waals surface area contributed by atoms with Gasteiger partial charge < -0.3 is 9.84 Å². The Hall–Kier alpha value is -1.54. The molecule has 0 radical (unpaired) electrons. The van der Waals surface area contributed by atoms with E-state index in [1.807, 2.05) is 23.9 Å². The van der Waals surface area contributed by atoms with E-state index in [4.69, 9.17) is 14.6 Å². The Morgan fingerprint density at radius 2 is 1.71 bits per heavy atom. The predicted molar refractivity (Wildman–Crippen MR) is 144 cm³/mol. The van der Waals surface area contributed by atoms with Gasteiger partial charge in [-0.25, -0.2) is 0 Å². The maximum atomic E-state index is 8.36. The number of hydrogen-bond acceptors (Lipinski definition) is 5. The molecule has 186 valence electrons. The van der Waals surface area contributed by atoms with Crippen molar-refractivity contribution in [1.82, 2.24) is 9.80 Å². The lowest BCUT2D eigenvalue weighted by molar-refractivity contribution is -0.122. The molecule has 1 heterocycles. The lowest BCUT2D eigenvalue weighted by Crippen LogP contribution is -2.49. The Bertz CT molecular complexity index is 882. The minimum atomic E-state index is -0.250. The number of nitrogens with zero attached hydrogens (tertiary/aromatic N) is 2. The van der Waals surface area contributed by atoms with Crippen LogP contribution in [-0.2, 0) is 17.1 Å². The highest BCUT2D eigenvalue weighted by molar-refractivity contribution is 9.10. The van der Waals surface area contributed by atoms with E-state index < -0.39 is 0 Å². The topological polar surface area (TPSA) is 53.0 Å². The van der Waals surface area contributed by atoms with Crippen LogP contribution in [0.25, 0.3) is 0 Å². The van der Waals surface area contributed by atoms with Crippen LogP contribution in [0.15, 0.2) is 51.8 Å². The van der Waals surface area contributed by atoms with Gasteiger partial charge >= 0.3 is 0 Å². The number of carboxylic acid groups (broad SMARTS) is 1. The third-order valence-corrected chi connectivity index (χ3v) is 8.40. The molecule has 34 heavy (non-hydrogen) atoms. The van der Waals surface area contributed by atoms with Gasteiger partial charge in [-0.1, -0.05) is 59.8 Å². The third-order valence-electron chi connectivity index (χ3n) is 6.74. The Kier molecular flexibility index (Phi) is 11.7. The van der Waals surface area contributed by atoms with E-state index in [0.29, 0.717) is 0 Å². The average molecular weight is 550 g/mol. The molecule has 1 aliphatic heterocycles. The molecule has 2 aliphatic rings. The summed E-state index contributed by atoms with van der Waals surface area (Å²) < 4.78 is 6.66. The van der Waals surface area contributed by atoms with Gasteiger partial charge in [-0.15, -0.1) is 11.8 Å². The van der Waals surface area contributed by atoms with Crippen molar-refractivity contribution in [2.75, 3.05) is 33.3 Å². The second-order valence-corrected chi connectivity index (χ2v) is 10.8. The van der Waals surface area contributed by atoms with Gasteiger partial charge in [0.2, 0.25) is 0 Å². The summed E-state index contributed by atoms with van der Waals surface area (Å²) in [4.78, 5) is 15.2. The molecule has 1 saturated heterocycles. The molecule has 2 fully saturated rings. The van der Waals surface area contributed by atoms with Gasteiger partial charge in [0.15, 0.2) is 0 Å². The van der Waals surface area contributed by atoms with Crippen LogP contribution in [0.3, 0.4) is 0 Å². The number of thioether (sulfide) groups is 1. The smallest absolute Gasteiger partial charge is 0.290 e. The van der Waals surface area contributed by atoms with Crippen molar-refractivity contribution in [2.24, 2.45) is 0 Å². The van der Waals surface area contributed by atoms with Crippen LogP contribution >= 0.6 is 27.7 Å². The molecule has 0 bridgehead atoms. The maximum absolute atomic E-state index is 8.36. The number of carbonyl (C=O) groups is 1. The Labute approximate surface area is 217 Å². The van der Waals surface area contributed by atoms with Crippen molar-refractivity contribution < 1.29 is 14.6 Å². The first-order chi connectivity index (χ1) is 16.6. The molecule has 0 amide bonds. The van der Waals surface area contributed by atoms with E-state index in [9.17, 15) is 0 Å². The fourth-order valence-corrected chi connectivity index (χ4v) is 6.38. The molecule has 0 spiro atoms. The fourth-order valence-electron chi connectivity index (χ4n) is 4.94. The number of rotatable bonds is 7. The van der Waals surface area contributed by atoms with Gasteiger partial charge in [-0.3, -0.25) is 14.6 Å². The largest absolute Gasteiger partial charge is 0.496 e. The Balaban J connectivity index is 0.00000103. The van der Waals surface area contributed by atoms with Crippen molar-refractivity contribution in [3.8, 4) is 5.75 Å². The average Bonchev–Trinajstić information content (AvgIpc) is 3.14. The molecule has 2 aromatic rings. The summed E-state index contributed by atoms with van der Waals surface area (Å²) in [5, 5.41) is 6.89. The molecule has 0 aromatic heterocycles. The summed E-state index contributed by atoms with van der Waals surface area (Å²) >= 11 is 5.51. The zero-order valence-electron chi connectivity index (χ0n) is 20.1. The van der Waals surface area contributed by atoms with Crippen molar-refractivity contribution in [2.45, 2.75) is 61.8 Å². The van der Waals surface area contributed by atoms with Crippen molar-refractivity contribution in [3.63, 3.8) is 0 Å². The van der Waals surface area contributed by atoms with Crippen molar-refractivity contribution in [3.05, 3.63) is 58.1 Å². The minimum Gasteiger partial charge on any atom is -0.496 e. The molecular formula is C27H37BrN2O3S. The summed E-state index contributed by atoms with van der Waals surface area (Å²) in [5.41, 5.74) is 2.68. The zero-order valence-corrected chi connectivity index (χ0v) is 22.5. The number of ether oxygens (including phenoxy) is 1. The van der Waals surface area contributed by atoms with E-state index >= 15 is 0 Å². The highest BCUT2D eigenvalue weighted by Crippen LogP contribution is 2.32. The first-order valence-electron chi connectivity index (χ1n) is 12.2. The van der Waals surface area contributed by atoms with E-state index in [1.165, 1.54) is 80.7 Å². The van der Waals surface area contributed by atoms with Crippen molar-refractivity contribution in [1.29, 1.82) is 0 Å². The van der Waals surface area contributed by atoms with Crippen LogP contribution in [0, 0.1) is 0 Å². The first-order valence-corrected chi connectivity index (χ1v) is 14.0. The first kappa shape index (κ1) is 27.1. The van der Waals surface area contributed by atoms with E-state index in [0.717, 1.165) is 28.6 Å². The summed E-state index contributed by atoms with van der Waals surface area (Å²) in [6.07, 6.45) is 8.57. The van der Waals surface area contributed by atoms with Crippen LogP contribution in [-0.4, -0.2) is 60.7 Å². The summed E-state index contributed by atoms with van der Waals surface area (Å²) in [5.74, 6) is 1.87. The van der Waals surface area contributed by atoms with Gasteiger partial charge in [0.1, 0.15) is 5.75 Å². The molecule has 0 atom stereocenters. The van der Waals surface area contributed by atoms with E-state index in [1.54, 1.807) is 7.11 Å². The summed E-state index contributed by atoms with van der Waals surface area (Å²) in [6.45, 7) is 5.64. The minimum absolute atomic E-state index is 0.250. The van der Waals surface area contributed by atoms with E-state index in [2.05, 4.69) is 56.1 Å². The third kappa shape index (κ3) is 8.29. The lowest BCUT2D eigenvalue weighted by atomic mass is 10.1. The van der Waals surface area contributed by atoms with Crippen LogP contribution < -0.4 is 4.74 Å². The zero-order chi connectivity index (χ0) is 24.2. The van der Waals surface area contributed by atoms with Crippen LogP contribution in [0.1, 0.15) is 49.7 Å². The molecule has 1 aliphatic carbocycles. The second-order valence-electron chi connectivity index (χ2n) is 8.92. The molecule has 1 N–H and O–H groups in total. The van der Waals surface area contributed by atoms with Gasteiger partial charge in [0.05, 0.1) is 7.11 Å². The number of hydrogen-bond donors (Lipinski definition) is 1.